The monoisotopic (exact) mass is 240 g/mol. The fraction of sp³-hybridized carbons (Fsp3) is 0.769. The molecule has 0 heterocycles. The van der Waals surface area contributed by atoms with Gasteiger partial charge in [0.1, 0.15) is 0 Å². The maximum absolute atomic E-state index is 5.37. The molecule has 0 fully saturated rings. The van der Waals surface area contributed by atoms with E-state index in [4.69, 9.17) is 5.73 Å². The van der Waals surface area contributed by atoms with Crippen molar-refractivity contribution >= 4 is 6.34 Å². The minimum absolute atomic E-state index is 0.217. The normalized spacial score (nSPS) is 16.1. The Balaban J connectivity index is 4.19. The van der Waals surface area contributed by atoms with Gasteiger partial charge in [-0.25, -0.2) is 0 Å². The Morgan fingerprint density at radius 2 is 2.12 bits per heavy atom. The summed E-state index contributed by atoms with van der Waals surface area (Å²) in [6.45, 7) is 7.48. The number of hydrogen-bond donors (Lipinski definition) is 3. The van der Waals surface area contributed by atoms with E-state index in [9.17, 15) is 0 Å². The molecule has 2 atom stereocenters. The zero-order valence-corrected chi connectivity index (χ0v) is 11.7. The Hall–Kier alpha value is -1.03. The second kappa shape index (κ2) is 10.1. The lowest BCUT2D eigenvalue weighted by Gasteiger charge is -2.15. The molecule has 0 aliphatic rings. The second-order valence-corrected chi connectivity index (χ2v) is 4.45. The Labute approximate surface area is 106 Å². The van der Waals surface area contributed by atoms with E-state index in [0.717, 1.165) is 25.8 Å². The first-order valence-electron chi connectivity index (χ1n) is 6.46. The van der Waals surface area contributed by atoms with Gasteiger partial charge in [-0.3, -0.25) is 4.99 Å². The number of nitrogens with one attached hydrogen (secondary N) is 2. The topological polar surface area (TPSA) is 62.4 Å². The van der Waals surface area contributed by atoms with Crippen LogP contribution in [0.1, 0.15) is 40.0 Å². The van der Waals surface area contributed by atoms with E-state index in [0.29, 0.717) is 6.04 Å². The summed E-state index contributed by atoms with van der Waals surface area (Å²) in [5, 5.41) is 6.55. The van der Waals surface area contributed by atoms with Crippen LogP contribution >= 0.6 is 0 Å². The summed E-state index contributed by atoms with van der Waals surface area (Å²) in [6.07, 6.45) is 6.75. The molecule has 0 radical (unpaired) electrons. The highest BCUT2D eigenvalue weighted by molar-refractivity contribution is 5.52. The molecule has 0 saturated heterocycles. The van der Waals surface area contributed by atoms with Crippen LogP contribution in [-0.2, 0) is 0 Å². The first-order valence-corrected chi connectivity index (χ1v) is 6.46. The van der Waals surface area contributed by atoms with Crippen molar-refractivity contribution in [3.63, 3.8) is 0 Å². The molecule has 4 N–H and O–H groups in total. The molecule has 4 nitrogen and oxygen atoms in total. The van der Waals surface area contributed by atoms with E-state index >= 15 is 0 Å². The Morgan fingerprint density at radius 3 is 2.65 bits per heavy atom. The van der Waals surface area contributed by atoms with Crippen molar-refractivity contribution in [1.29, 1.82) is 0 Å². The van der Waals surface area contributed by atoms with Crippen LogP contribution in [0.4, 0.5) is 0 Å². The first kappa shape index (κ1) is 16.0. The van der Waals surface area contributed by atoms with Crippen molar-refractivity contribution in [3.05, 3.63) is 11.8 Å². The largest absolute Gasteiger partial charge is 0.390 e. The number of rotatable bonds is 9. The first-order chi connectivity index (χ1) is 8.15. The summed E-state index contributed by atoms with van der Waals surface area (Å²) in [5.41, 5.74) is 6.61. The standard InChI is InChI=1S/C13H28N4/c1-5-6-13(17-10-14)11(2)9-16-12(3)7-8-15-4/h9-10,12-13,15-16H,5-8H2,1-4H3,(H2,14,17)/b11-9+. The molecule has 0 rings (SSSR count). The maximum atomic E-state index is 5.37. The summed E-state index contributed by atoms with van der Waals surface area (Å²) < 4.78 is 0. The second-order valence-electron chi connectivity index (χ2n) is 4.45. The van der Waals surface area contributed by atoms with Gasteiger partial charge in [0.05, 0.1) is 12.4 Å². The zero-order valence-electron chi connectivity index (χ0n) is 11.7. The molecular formula is C13H28N4. The van der Waals surface area contributed by atoms with Crippen LogP contribution in [0.2, 0.25) is 0 Å². The molecule has 0 aromatic heterocycles. The number of nitrogens with zero attached hydrogens (tertiary/aromatic N) is 1. The van der Waals surface area contributed by atoms with Crippen LogP contribution in [0, 0.1) is 0 Å². The fourth-order valence-corrected chi connectivity index (χ4v) is 1.61. The van der Waals surface area contributed by atoms with Crippen LogP contribution in [0.25, 0.3) is 0 Å². The van der Waals surface area contributed by atoms with Gasteiger partial charge in [0, 0.05) is 6.04 Å². The van der Waals surface area contributed by atoms with Gasteiger partial charge < -0.3 is 16.4 Å². The Morgan fingerprint density at radius 1 is 1.41 bits per heavy atom. The lowest BCUT2D eigenvalue weighted by molar-refractivity contribution is 0.560. The third kappa shape index (κ3) is 7.80. The van der Waals surface area contributed by atoms with E-state index in [2.05, 4.69) is 42.6 Å². The van der Waals surface area contributed by atoms with E-state index < -0.39 is 0 Å². The van der Waals surface area contributed by atoms with Crippen molar-refractivity contribution in [2.45, 2.75) is 52.1 Å². The maximum Gasteiger partial charge on any atom is 0.0805 e. The van der Waals surface area contributed by atoms with Gasteiger partial charge in [-0.15, -0.1) is 0 Å². The third-order valence-corrected chi connectivity index (χ3v) is 2.78. The summed E-state index contributed by atoms with van der Waals surface area (Å²) in [5.74, 6) is 0. The molecular weight excluding hydrogens is 212 g/mol. The van der Waals surface area contributed by atoms with Gasteiger partial charge >= 0.3 is 0 Å². The lowest BCUT2D eigenvalue weighted by Crippen LogP contribution is -2.26. The molecule has 0 aliphatic carbocycles. The molecule has 0 bridgehead atoms. The Bertz CT molecular complexity index is 236. The van der Waals surface area contributed by atoms with Crippen molar-refractivity contribution in [3.8, 4) is 0 Å². The van der Waals surface area contributed by atoms with E-state index in [1.54, 1.807) is 0 Å². The molecule has 17 heavy (non-hydrogen) atoms. The number of aliphatic imine (C=N–C) groups is 1. The SMILES string of the molecule is CCCC(N=CN)/C(C)=C/NC(C)CCNC. The van der Waals surface area contributed by atoms with Crippen molar-refractivity contribution in [2.24, 2.45) is 10.7 Å². The van der Waals surface area contributed by atoms with E-state index in [1.165, 1.54) is 11.9 Å². The molecule has 0 aromatic rings. The molecule has 0 aromatic carbocycles. The van der Waals surface area contributed by atoms with Crippen LogP contribution in [0.15, 0.2) is 16.8 Å². The third-order valence-electron chi connectivity index (χ3n) is 2.78. The molecule has 0 saturated carbocycles. The predicted octanol–water partition coefficient (Wildman–Crippen LogP) is 1.63. The predicted molar refractivity (Wildman–Crippen MR) is 76.3 cm³/mol. The van der Waals surface area contributed by atoms with Gasteiger partial charge in [0.2, 0.25) is 0 Å². The van der Waals surface area contributed by atoms with Crippen LogP contribution in [0.3, 0.4) is 0 Å². The summed E-state index contributed by atoms with van der Waals surface area (Å²) in [7, 11) is 1.97. The van der Waals surface area contributed by atoms with Crippen molar-refractivity contribution in [2.75, 3.05) is 13.6 Å². The molecule has 100 valence electrons. The van der Waals surface area contributed by atoms with Crippen LogP contribution < -0.4 is 16.4 Å². The van der Waals surface area contributed by atoms with Crippen LogP contribution in [0.5, 0.6) is 0 Å². The van der Waals surface area contributed by atoms with Crippen molar-refractivity contribution < 1.29 is 0 Å². The molecule has 4 heteroatoms. The number of hydrogen-bond acceptors (Lipinski definition) is 3. The quantitative estimate of drug-likeness (QED) is 0.424. The average molecular weight is 240 g/mol. The van der Waals surface area contributed by atoms with Crippen molar-refractivity contribution in [1.82, 2.24) is 10.6 Å². The fourth-order valence-electron chi connectivity index (χ4n) is 1.61. The molecule has 0 amide bonds. The van der Waals surface area contributed by atoms with Gasteiger partial charge in [0.15, 0.2) is 0 Å². The summed E-state index contributed by atoms with van der Waals surface area (Å²) in [4.78, 5) is 4.29. The molecule has 2 unspecified atom stereocenters. The minimum atomic E-state index is 0.217. The number of nitrogens with two attached hydrogens (primary N) is 1. The zero-order chi connectivity index (χ0) is 13.1. The lowest BCUT2D eigenvalue weighted by atomic mass is 10.1. The van der Waals surface area contributed by atoms with Gasteiger partial charge in [-0.2, -0.15) is 0 Å². The molecule has 0 aliphatic heterocycles. The van der Waals surface area contributed by atoms with Gasteiger partial charge in [-0.1, -0.05) is 13.3 Å². The summed E-state index contributed by atoms with van der Waals surface area (Å²) >= 11 is 0. The minimum Gasteiger partial charge on any atom is -0.390 e. The highest BCUT2D eigenvalue weighted by Crippen LogP contribution is 2.11. The Kier molecular flexibility index (Phi) is 9.53. The smallest absolute Gasteiger partial charge is 0.0805 e. The van der Waals surface area contributed by atoms with Gasteiger partial charge in [0.25, 0.3) is 0 Å². The highest BCUT2D eigenvalue weighted by atomic mass is 14.9. The molecule has 0 spiro atoms. The van der Waals surface area contributed by atoms with Gasteiger partial charge in [-0.05, 0) is 52.1 Å². The highest BCUT2D eigenvalue weighted by Gasteiger charge is 2.07. The average Bonchev–Trinajstić information content (AvgIpc) is 2.33. The van der Waals surface area contributed by atoms with E-state index in [-0.39, 0.29) is 6.04 Å². The van der Waals surface area contributed by atoms with E-state index in [1.807, 2.05) is 7.05 Å². The van der Waals surface area contributed by atoms with Crippen LogP contribution in [-0.4, -0.2) is 32.0 Å². The summed E-state index contributed by atoms with van der Waals surface area (Å²) in [6, 6.07) is 0.690.